The van der Waals surface area contributed by atoms with E-state index in [0.717, 1.165) is 19.3 Å². The highest BCUT2D eigenvalue weighted by Crippen LogP contribution is 2.26. The summed E-state index contributed by atoms with van der Waals surface area (Å²) in [4.78, 5) is 0. The molecule has 84 valence electrons. The molecule has 2 nitrogen and oxygen atoms in total. The van der Waals surface area contributed by atoms with Crippen LogP contribution in [0.2, 0.25) is 0 Å². The van der Waals surface area contributed by atoms with E-state index in [9.17, 15) is 5.11 Å². The standard InChI is InChI=1S/C13H21NO/c1-3-11(5-4-10(2)14)12-6-8-13(15)9-7-12/h6-11,15H,3-5,14H2,1-2H3. The first kappa shape index (κ1) is 12.1. The van der Waals surface area contributed by atoms with Crippen LogP contribution in [-0.2, 0) is 0 Å². The van der Waals surface area contributed by atoms with E-state index in [4.69, 9.17) is 5.73 Å². The Bertz CT molecular complexity index is 279. The van der Waals surface area contributed by atoms with Gasteiger partial charge in [-0.2, -0.15) is 0 Å². The Hall–Kier alpha value is -1.02. The van der Waals surface area contributed by atoms with Crippen LogP contribution >= 0.6 is 0 Å². The zero-order valence-electron chi connectivity index (χ0n) is 9.61. The maximum Gasteiger partial charge on any atom is 0.115 e. The lowest BCUT2D eigenvalue weighted by Crippen LogP contribution is -2.15. The van der Waals surface area contributed by atoms with Crippen molar-refractivity contribution in [2.24, 2.45) is 5.73 Å². The maximum absolute atomic E-state index is 9.21. The van der Waals surface area contributed by atoms with E-state index in [1.807, 2.05) is 19.1 Å². The van der Waals surface area contributed by atoms with Gasteiger partial charge >= 0.3 is 0 Å². The van der Waals surface area contributed by atoms with Crippen molar-refractivity contribution in [1.29, 1.82) is 0 Å². The van der Waals surface area contributed by atoms with E-state index in [1.54, 1.807) is 12.1 Å². The fraction of sp³-hybridized carbons (Fsp3) is 0.538. The van der Waals surface area contributed by atoms with Gasteiger partial charge < -0.3 is 10.8 Å². The van der Waals surface area contributed by atoms with E-state index in [1.165, 1.54) is 5.56 Å². The molecule has 0 radical (unpaired) electrons. The Morgan fingerprint density at radius 1 is 1.20 bits per heavy atom. The third-order valence-electron chi connectivity index (χ3n) is 2.83. The summed E-state index contributed by atoms with van der Waals surface area (Å²) in [5.41, 5.74) is 7.06. The number of hydrogen-bond acceptors (Lipinski definition) is 2. The van der Waals surface area contributed by atoms with Crippen LogP contribution in [0, 0.1) is 0 Å². The predicted octanol–water partition coefficient (Wildman–Crippen LogP) is 3.01. The summed E-state index contributed by atoms with van der Waals surface area (Å²) < 4.78 is 0. The number of nitrogens with two attached hydrogens (primary N) is 1. The molecule has 2 heteroatoms. The molecule has 0 heterocycles. The highest BCUT2D eigenvalue weighted by molar-refractivity contribution is 5.28. The molecule has 0 aromatic heterocycles. The lowest BCUT2D eigenvalue weighted by atomic mass is 9.91. The second-order valence-electron chi connectivity index (χ2n) is 4.25. The molecule has 2 atom stereocenters. The molecule has 0 saturated carbocycles. The van der Waals surface area contributed by atoms with Gasteiger partial charge in [0.15, 0.2) is 0 Å². The Morgan fingerprint density at radius 3 is 2.27 bits per heavy atom. The number of phenolic OH excluding ortho intramolecular Hbond substituents is 1. The summed E-state index contributed by atoms with van der Waals surface area (Å²) in [5.74, 6) is 0.900. The van der Waals surface area contributed by atoms with Crippen molar-refractivity contribution >= 4 is 0 Å². The highest BCUT2D eigenvalue weighted by Gasteiger charge is 2.09. The third-order valence-corrected chi connectivity index (χ3v) is 2.83. The quantitative estimate of drug-likeness (QED) is 0.779. The minimum Gasteiger partial charge on any atom is -0.508 e. The summed E-state index contributed by atoms with van der Waals surface area (Å²) in [7, 11) is 0. The molecule has 0 spiro atoms. The maximum atomic E-state index is 9.21. The van der Waals surface area contributed by atoms with Gasteiger partial charge in [-0.3, -0.25) is 0 Å². The molecule has 0 bridgehead atoms. The van der Waals surface area contributed by atoms with Crippen LogP contribution in [0.15, 0.2) is 24.3 Å². The minimum atomic E-state index is 0.274. The van der Waals surface area contributed by atoms with Crippen LogP contribution in [0.5, 0.6) is 5.75 Å². The molecule has 1 aromatic carbocycles. The van der Waals surface area contributed by atoms with Gasteiger partial charge in [0.25, 0.3) is 0 Å². The second kappa shape index (κ2) is 5.76. The summed E-state index contributed by atoms with van der Waals surface area (Å²) in [6.07, 6.45) is 3.30. The largest absolute Gasteiger partial charge is 0.508 e. The topological polar surface area (TPSA) is 46.2 Å². The molecule has 3 N–H and O–H groups in total. The Morgan fingerprint density at radius 2 is 1.80 bits per heavy atom. The fourth-order valence-electron chi connectivity index (χ4n) is 1.82. The molecule has 0 aliphatic carbocycles. The average molecular weight is 207 g/mol. The van der Waals surface area contributed by atoms with E-state index in [0.29, 0.717) is 11.7 Å². The number of rotatable bonds is 5. The van der Waals surface area contributed by atoms with Gasteiger partial charge in [0.2, 0.25) is 0 Å². The van der Waals surface area contributed by atoms with E-state index >= 15 is 0 Å². The van der Waals surface area contributed by atoms with Gasteiger partial charge in [0, 0.05) is 6.04 Å². The summed E-state index contributed by atoms with van der Waals surface area (Å²) in [6.45, 7) is 4.24. The van der Waals surface area contributed by atoms with Crippen molar-refractivity contribution in [3.8, 4) is 5.75 Å². The van der Waals surface area contributed by atoms with Crippen LogP contribution in [0.1, 0.15) is 44.6 Å². The van der Waals surface area contributed by atoms with Gasteiger partial charge in [0.1, 0.15) is 5.75 Å². The summed E-state index contributed by atoms with van der Waals surface area (Å²) >= 11 is 0. The molecule has 1 aromatic rings. The fourth-order valence-corrected chi connectivity index (χ4v) is 1.82. The van der Waals surface area contributed by atoms with E-state index in [2.05, 4.69) is 6.92 Å². The lowest BCUT2D eigenvalue weighted by Gasteiger charge is -2.16. The van der Waals surface area contributed by atoms with Crippen LogP contribution in [0.25, 0.3) is 0 Å². The van der Waals surface area contributed by atoms with Crippen molar-refractivity contribution in [3.63, 3.8) is 0 Å². The molecule has 15 heavy (non-hydrogen) atoms. The zero-order chi connectivity index (χ0) is 11.3. The Kier molecular flexibility index (Phi) is 4.63. The lowest BCUT2D eigenvalue weighted by molar-refractivity contribution is 0.474. The first-order valence-electron chi connectivity index (χ1n) is 5.68. The molecule has 0 fully saturated rings. The second-order valence-corrected chi connectivity index (χ2v) is 4.25. The van der Waals surface area contributed by atoms with Crippen LogP contribution < -0.4 is 5.73 Å². The van der Waals surface area contributed by atoms with Crippen molar-refractivity contribution < 1.29 is 5.11 Å². The smallest absolute Gasteiger partial charge is 0.115 e. The SMILES string of the molecule is CCC(CCC(C)N)c1ccc(O)cc1. The third kappa shape index (κ3) is 3.92. The Balaban J connectivity index is 2.61. The van der Waals surface area contributed by atoms with Crippen molar-refractivity contribution in [3.05, 3.63) is 29.8 Å². The number of benzene rings is 1. The normalized spacial score (nSPS) is 14.9. The zero-order valence-corrected chi connectivity index (χ0v) is 9.61. The first-order chi connectivity index (χ1) is 7.13. The van der Waals surface area contributed by atoms with Gasteiger partial charge in [-0.05, 0) is 49.8 Å². The molecular weight excluding hydrogens is 186 g/mol. The van der Waals surface area contributed by atoms with Crippen LogP contribution in [0.4, 0.5) is 0 Å². The van der Waals surface area contributed by atoms with E-state index in [-0.39, 0.29) is 6.04 Å². The summed E-state index contributed by atoms with van der Waals surface area (Å²) in [5, 5.41) is 9.21. The molecule has 0 amide bonds. The van der Waals surface area contributed by atoms with Gasteiger partial charge in [-0.1, -0.05) is 19.1 Å². The van der Waals surface area contributed by atoms with Gasteiger partial charge in [-0.15, -0.1) is 0 Å². The minimum absolute atomic E-state index is 0.274. The molecule has 0 aliphatic rings. The molecule has 1 rings (SSSR count). The summed E-state index contributed by atoms with van der Waals surface area (Å²) in [6, 6.07) is 7.79. The predicted molar refractivity (Wildman–Crippen MR) is 64.0 cm³/mol. The number of phenols is 1. The van der Waals surface area contributed by atoms with Crippen molar-refractivity contribution in [2.75, 3.05) is 0 Å². The van der Waals surface area contributed by atoms with Gasteiger partial charge in [0.05, 0.1) is 0 Å². The van der Waals surface area contributed by atoms with E-state index < -0.39 is 0 Å². The van der Waals surface area contributed by atoms with Gasteiger partial charge in [-0.25, -0.2) is 0 Å². The molecule has 0 aliphatic heterocycles. The number of aromatic hydroxyl groups is 1. The average Bonchev–Trinajstić information content (AvgIpc) is 2.21. The monoisotopic (exact) mass is 207 g/mol. The highest BCUT2D eigenvalue weighted by atomic mass is 16.3. The molecule has 2 unspecified atom stereocenters. The molecule has 0 saturated heterocycles. The number of hydrogen-bond donors (Lipinski definition) is 2. The van der Waals surface area contributed by atoms with Crippen molar-refractivity contribution in [1.82, 2.24) is 0 Å². The Labute approximate surface area is 92.1 Å². The van der Waals surface area contributed by atoms with Crippen LogP contribution in [-0.4, -0.2) is 11.1 Å². The molecular formula is C13H21NO. The first-order valence-corrected chi connectivity index (χ1v) is 5.68. The van der Waals surface area contributed by atoms with Crippen molar-refractivity contribution in [2.45, 2.75) is 45.1 Å². The van der Waals surface area contributed by atoms with Crippen LogP contribution in [0.3, 0.4) is 0 Å².